The molecular weight excluding hydrogens is 432 g/mol. The molecule has 0 fully saturated rings. The number of benzene rings is 2. The minimum Gasteiger partial charge on any atom is -0.496 e. The second kappa shape index (κ2) is 12.8. The lowest BCUT2D eigenvalue weighted by molar-refractivity contribution is -0.137. The lowest BCUT2D eigenvalue weighted by Crippen LogP contribution is -2.34. The minimum absolute atomic E-state index is 0.231. The third kappa shape index (κ3) is 6.17. The Morgan fingerprint density at radius 3 is 2.44 bits per heavy atom. The molecule has 0 saturated heterocycles. The van der Waals surface area contributed by atoms with Crippen molar-refractivity contribution in [2.45, 2.75) is 39.5 Å². The summed E-state index contributed by atoms with van der Waals surface area (Å²) in [6.45, 7) is 6.22. The Balaban J connectivity index is 1.87. The summed E-state index contributed by atoms with van der Waals surface area (Å²) in [7, 11) is 1.55. The van der Waals surface area contributed by atoms with Gasteiger partial charge in [-0.05, 0) is 37.5 Å². The van der Waals surface area contributed by atoms with Gasteiger partial charge in [0, 0.05) is 37.1 Å². The van der Waals surface area contributed by atoms with Crippen LogP contribution in [-0.2, 0) is 14.3 Å². The van der Waals surface area contributed by atoms with Crippen molar-refractivity contribution in [1.29, 1.82) is 0 Å². The fourth-order valence-electron chi connectivity index (χ4n) is 3.70. The van der Waals surface area contributed by atoms with Gasteiger partial charge in [-0.25, -0.2) is 0 Å². The molecular formula is C27H34N2O5. The lowest BCUT2D eigenvalue weighted by Gasteiger charge is -2.15. The van der Waals surface area contributed by atoms with Crippen LogP contribution in [0.1, 0.15) is 45.1 Å². The Bertz CT molecular complexity index is 1020. The van der Waals surface area contributed by atoms with Crippen LogP contribution in [0.5, 0.6) is 11.5 Å². The summed E-state index contributed by atoms with van der Waals surface area (Å²) in [5, 5.41) is 3.19. The number of nitrogens with one attached hydrogen (secondary N) is 1. The molecule has 0 aromatic heterocycles. The number of imide groups is 1. The van der Waals surface area contributed by atoms with Crippen molar-refractivity contribution in [2.75, 3.05) is 38.8 Å². The number of hydrogen-bond acceptors (Lipinski definition) is 6. The standard InChI is InChI=1S/C27H34N2O5/c1-4-6-17-33-18-10-15-29-26(30)24(22-13-7-8-14-23(22)32-3)25(27(29)31)28-20-11-9-12-21(19-20)34-16-5-2/h7-9,11-14,19,28H,4-6,10,15-18H2,1-3H3. The highest BCUT2D eigenvalue weighted by Gasteiger charge is 2.39. The average molecular weight is 467 g/mol. The molecule has 2 aromatic carbocycles. The number of para-hydroxylation sites is 1. The van der Waals surface area contributed by atoms with E-state index in [1.165, 1.54) is 4.90 Å². The summed E-state index contributed by atoms with van der Waals surface area (Å²) >= 11 is 0. The minimum atomic E-state index is -0.362. The van der Waals surface area contributed by atoms with Gasteiger partial charge in [-0.1, -0.05) is 44.5 Å². The molecule has 0 saturated carbocycles. The summed E-state index contributed by atoms with van der Waals surface area (Å²) in [4.78, 5) is 28.1. The van der Waals surface area contributed by atoms with Gasteiger partial charge in [0.25, 0.3) is 11.8 Å². The van der Waals surface area contributed by atoms with E-state index in [0.717, 1.165) is 19.3 Å². The zero-order valence-corrected chi connectivity index (χ0v) is 20.3. The van der Waals surface area contributed by atoms with Gasteiger partial charge >= 0.3 is 0 Å². The maximum Gasteiger partial charge on any atom is 0.278 e. The first-order valence-corrected chi connectivity index (χ1v) is 11.9. The monoisotopic (exact) mass is 466 g/mol. The first-order chi connectivity index (χ1) is 16.6. The maximum atomic E-state index is 13.4. The normalized spacial score (nSPS) is 13.6. The fraction of sp³-hybridized carbons (Fsp3) is 0.407. The molecule has 182 valence electrons. The Morgan fingerprint density at radius 1 is 0.882 bits per heavy atom. The first-order valence-electron chi connectivity index (χ1n) is 11.9. The van der Waals surface area contributed by atoms with Gasteiger partial charge in [-0.3, -0.25) is 14.5 Å². The highest BCUT2D eigenvalue weighted by atomic mass is 16.5. The number of ether oxygens (including phenoxy) is 3. The number of anilines is 1. The van der Waals surface area contributed by atoms with Gasteiger partial charge in [0.2, 0.25) is 0 Å². The molecule has 0 atom stereocenters. The van der Waals surface area contributed by atoms with E-state index in [1.807, 2.05) is 43.3 Å². The van der Waals surface area contributed by atoms with Gasteiger partial charge < -0.3 is 19.5 Å². The number of carbonyl (C=O) groups is 2. The van der Waals surface area contributed by atoms with E-state index >= 15 is 0 Å². The fourth-order valence-corrected chi connectivity index (χ4v) is 3.70. The molecule has 1 aliphatic heterocycles. The molecule has 0 spiro atoms. The number of methoxy groups -OCH3 is 1. The number of amides is 2. The largest absolute Gasteiger partial charge is 0.496 e. The van der Waals surface area contributed by atoms with E-state index in [9.17, 15) is 9.59 Å². The van der Waals surface area contributed by atoms with Crippen LogP contribution in [0, 0.1) is 0 Å². The average Bonchev–Trinajstić information content (AvgIpc) is 3.08. The quantitative estimate of drug-likeness (QED) is 0.316. The molecule has 0 radical (unpaired) electrons. The van der Waals surface area contributed by atoms with Crippen molar-refractivity contribution in [1.82, 2.24) is 4.90 Å². The van der Waals surface area contributed by atoms with Gasteiger partial charge in [-0.2, -0.15) is 0 Å². The maximum absolute atomic E-state index is 13.4. The molecule has 0 aliphatic carbocycles. The third-order valence-electron chi connectivity index (χ3n) is 5.43. The van der Waals surface area contributed by atoms with E-state index in [4.69, 9.17) is 14.2 Å². The smallest absolute Gasteiger partial charge is 0.278 e. The Labute approximate surface area is 201 Å². The summed E-state index contributed by atoms with van der Waals surface area (Å²) in [6, 6.07) is 14.6. The second-order valence-electron chi connectivity index (χ2n) is 8.03. The number of hydrogen-bond donors (Lipinski definition) is 1. The molecule has 2 aromatic rings. The first kappa shape index (κ1) is 25.3. The second-order valence-corrected chi connectivity index (χ2v) is 8.03. The molecule has 0 bridgehead atoms. The van der Waals surface area contributed by atoms with Crippen LogP contribution in [0.4, 0.5) is 5.69 Å². The van der Waals surface area contributed by atoms with E-state index < -0.39 is 0 Å². The van der Waals surface area contributed by atoms with E-state index in [0.29, 0.717) is 54.6 Å². The molecule has 7 heteroatoms. The Morgan fingerprint density at radius 2 is 1.68 bits per heavy atom. The van der Waals surface area contributed by atoms with Crippen molar-refractivity contribution in [3.05, 3.63) is 59.8 Å². The molecule has 7 nitrogen and oxygen atoms in total. The van der Waals surface area contributed by atoms with Gasteiger partial charge in [0.1, 0.15) is 17.2 Å². The zero-order chi connectivity index (χ0) is 24.3. The summed E-state index contributed by atoms with van der Waals surface area (Å²) < 4.78 is 16.8. The molecule has 1 aliphatic rings. The van der Waals surface area contributed by atoms with Crippen LogP contribution in [-0.4, -0.2) is 50.2 Å². The van der Waals surface area contributed by atoms with Gasteiger partial charge in [0.05, 0.1) is 19.3 Å². The van der Waals surface area contributed by atoms with Crippen LogP contribution >= 0.6 is 0 Å². The van der Waals surface area contributed by atoms with Crippen LogP contribution < -0.4 is 14.8 Å². The van der Waals surface area contributed by atoms with Crippen molar-refractivity contribution in [3.8, 4) is 11.5 Å². The summed E-state index contributed by atoms with van der Waals surface area (Å²) in [5.41, 5.74) is 1.77. The van der Waals surface area contributed by atoms with Crippen LogP contribution in [0.3, 0.4) is 0 Å². The van der Waals surface area contributed by atoms with Crippen molar-refractivity contribution in [3.63, 3.8) is 0 Å². The Kier molecular flexibility index (Phi) is 9.52. The van der Waals surface area contributed by atoms with Gasteiger partial charge in [0.15, 0.2) is 0 Å². The zero-order valence-electron chi connectivity index (χ0n) is 20.3. The Hall–Kier alpha value is -3.32. The summed E-state index contributed by atoms with van der Waals surface area (Å²) in [5.74, 6) is 0.523. The molecule has 34 heavy (non-hydrogen) atoms. The molecule has 1 N–H and O–H groups in total. The number of rotatable bonds is 14. The van der Waals surface area contributed by atoms with E-state index in [-0.39, 0.29) is 24.1 Å². The molecule has 0 unspecified atom stereocenters. The highest BCUT2D eigenvalue weighted by molar-refractivity contribution is 6.37. The van der Waals surface area contributed by atoms with Crippen molar-refractivity contribution >= 4 is 23.1 Å². The number of carbonyl (C=O) groups excluding carboxylic acids is 2. The molecule has 3 rings (SSSR count). The van der Waals surface area contributed by atoms with Crippen molar-refractivity contribution in [2.24, 2.45) is 0 Å². The van der Waals surface area contributed by atoms with E-state index in [2.05, 4.69) is 12.2 Å². The van der Waals surface area contributed by atoms with Crippen LogP contribution in [0.2, 0.25) is 0 Å². The van der Waals surface area contributed by atoms with Gasteiger partial charge in [-0.15, -0.1) is 0 Å². The summed E-state index contributed by atoms with van der Waals surface area (Å²) in [6.07, 6.45) is 3.53. The predicted octanol–water partition coefficient (Wildman–Crippen LogP) is 4.88. The number of unbranched alkanes of at least 4 members (excludes halogenated alkanes) is 1. The highest BCUT2D eigenvalue weighted by Crippen LogP contribution is 2.35. The lowest BCUT2D eigenvalue weighted by atomic mass is 10.0. The van der Waals surface area contributed by atoms with Crippen molar-refractivity contribution < 1.29 is 23.8 Å². The van der Waals surface area contributed by atoms with Crippen LogP contribution in [0.15, 0.2) is 54.2 Å². The third-order valence-corrected chi connectivity index (χ3v) is 5.43. The van der Waals surface area contributed by atoms with E-state index in [1.54, 1.807) is 19.2 Å². The van der Waals surface area contributed by atoms with Crippen LogP contribution in [0.25, 0.3) is 5.57 Å². The predicted molar refractivity (Wildman–Crippen MR) is 133 cm³/mol. The molecule has 2 amide bonds. The topological polar surface area (TPSA) is 77.1 Å². The SMILES string of the molecule is CCCCOCCCN1C(=O)C(Nc2cccc(OCCC)c2)=C(c2ccccc2OC)C1=O. The molecule has 1 heterocycles. The number of nitrogens with zero attached hydrogens (tertiary/aromatic N) is 1.